The number of ether oxygens (including phenoxy) is 1. The normalized spacial score (nSPS) is 18.8. The average Bonchev–Trinajstić information content (AvgIpc) is 3.27. The molecule has 2 bridgehead atoms. The molecular formula is C47H48N6O8. The Morgan fingerprint density at radius 3 is 1.87 bits per heavy atom. The van der Waals surface area contributed by atoms with Crippen molar-refractivity contribution in [3.8, 4) is 16.9 Å². The van der Waals surface area contributed by atoms with Gasteiger partial charge in [-0.15, -0.1) is 0 Å². The second kappa shape index (κ2) is 21.6. The molecule has 0 saturated heterocycles. The second-order valence-electron chi connectivity index (χ2n) is 14.7. The van der Waals surface area contributed by atoms with Crippen LogP contribution in [0.25, 0.3) is 11.1 Å². The van der Waals surface area contributed by atoms with Crippen LogP contribution in [0.1, 0.15) is 35.1 Å². The molecule has 4 atom stereocenters. The van der Waals surface area contributed by atoms with Gasteiger partial charge in [-0.05, 0) is 70.5 Å². The van der Waals surface area contributed by atoms with E-state index in [0.29, 0.717) is 23.3 Å². The SMILES string of the molecule is O=C(O)CCNC(=O)[C@@H]1Cc2ccc(cc2)OCC(=O)N[C@@H](Cc2ccncc2)C(=O)N[C@H](Cc2ccc(-c3ccccc3)cc2)C(=O)N[C@@H](CCc2ccccc2)C(=O)N1. The number of nitrogens with one attached hydrogen (secondary N) is 5. The summed E-state index contributed by atoms with van der Waals surface area (Å²) >= 11 is 0. The highest BCUT2D eigenvalue weighted by atomic mass is 16.5. The topological polar surface area (TPSA) is 205 Å². The number of aliphatic carboxylic acids is 1. The highest BCUT2D eigenvalue weighted by Crippen LogP contribution is 2.20. The number of carboxylic acid groups (broad SMARTS) is 1. The summed E-state index contributed by atoms with van der Waals surface area (Å²) in [6.07, 6.45) is 3.46. The van der Waals surface area contributed by atoms with E-state index in [1.54, 1.807) is 48.8 Å². The number of amides is 5. The molecule has 7 rings (SSSR count). The molecule has 6 N–H and O–H groups in total. The molecule has 2 aliphatic rings. The lowest BCUT2D eigenvalue weighted by molar-refractivity contribution is -0.137. The summed E-state index contributed by atoms with van der Waals surface area (Å²) in [5.74, 6) is -3.92. The van der Waals surface area contributed by atoms with Gasteiger partial charge in [0.2, 0.25) is 23.6 Å². The Bertz CT molecular complexity index is 2260. The molecular weight excluding hydrogens is 777 g/mol. The van der Waals surface area contributed by atoms with Crippen LogP contribution in [0, 0.1) is 0 Å². The van der Waals surface area contributed by atoms with Crippen LogP contribution in [0.3, 0.4) is 0 Å². The predicted octanol–water partition coefficient (Wildman–Crippen LogP) is 3.33. The van der Waals surface area contributed by atoms with E-state index in [1.165, 1.54) is 0 Å². The van der Waals surface area contributed by atoms with Crippen LogP contribution in [0.5, 0.6) is 5.75 Å². The molecule has 2 aliphatic heterocycles. The molecule has 0 aliphatic carbocycles. The number of hydrogen-bond acceptors (Lipinski definition) is 8. The van der Waals surface area contributed by atoms with Crippen LogP contribution in [0.15, 0.2) is 134 Å². The summed E-state index contributed by atoms with van der Waals surface area (Å²) in [4.78, 5) is 85.2. The van der Waals surface area contributed by atoms with Crippen LogP contribution >= 0.6 is 0 Å². The number of aromatic nitrogens is 1. The fourth-order valence-electron chi connectivity index (χ4n) is 6.88. The van der Waals surface area contributed by atoms with Crippen molar-refractivity contribution in [2.45, 2.75) is 62.7 Å². The number of rotatable bonds is 12. The molecule has 14 nitrogen and oxygen atoms in total. The highest BCUT2D eigenvalue weighted by Gasteiger charge is 2.32. The number of carboxylic acids is 1. The van der Waals surface area contributed by atoms with Gasteiger partial charge in [-0.25, -0.2) is 0 Å². The number of aryl methyl sites for hydroxylation is 1. The Morgan fingerprint density at radius 2 is 1.21 bits per heavy atom. The molecule has 0 unspecified atom stereocenters. The van der Waals surface area contributed by atoms with Gasteiger partial charge in [0.25, 0.3) is 5.91 Å². The van der Waals surface area contributed by atoms with E-state index >= 15 is 0 Å². The molecule has 5 amide bonds. The summed E-state index contributed by atoms with van der Waals surface area (Å²) in [5.41, 5.74) is 4.92. The first-order valence-electron chi connectivity index (χ1n) is 20.1. The lowest BCUT2D eigenvalue weighted by atomic mass is 9.98. The smallest absolute Gasteiger partial charge is 0.305 e. The number of pyridine rings is 1. The Kier molecular flexibility index (Phi) is 15.3. The van der Waals surface area contributed by atoms with E-state index in [4.69, 9.17) is 9.84 Å². The molecule has 5 aromatic rings. The quantitative estimate of drug-likeness (QED) is 0.102. The lowest BCUT2D eigenvalue weighted by Gasteiger charge is -2.27. The van der Waals surface area contributed by atoms with E-state index in [1.807, 2.05) is 84.9 Å². The van der Waals surface area contributed by atoms with Crippen molar-refractivity contribution >= 4 is 35.5 Å². The molecule has 0 fully saturated rings. The molecule has 4 aromatic carbocycles. The highest BCUT2D eigenvalue weighted by molar-refractivity contribution is 5.96. The van der Waals surface area contributed by atoms with Gasteiger partial charge in [0.1, 0.15) is 29.9 Å². The Morgan fingerprint density at radius 1 is 0.639 bits per heavy atom. The van der Waals surface area contributed by atoms with Gasteiger partial charge in [0.05, 0.1) is 6.42 Å². The second-order valence-corrected chi connectivity index (χ2v) is 14.7. The molecule has 314 valence electrons. The van der Waals surface area contributed by atoms with E-state index in [9.17, 15) is 28.8 Å². The largest absolute Gasteiger partial charge is 0.484 e. The molecule has 0 spiro atoms. The average molecular weight is 825 g/mol. The first-order valence-corrected chi connectivity index (χ1v) is 20.1. The van der Waals surface area contributed by atoms with Crippen LogP contribution < -0.4 is 31.3 Å². The maximum atomic E-state index is 14.5. The minimum absolute atomic E-state index is 0.0130. The van der Waals surface area contributed by atoms with Crippen LogP contribution in [-0.2, 0) is 54.5 Å². The molecule has 14 heteroatoms. The number of benzene rings is 4. The molecule has 1 aromatic heterocycles. The van der Waals surface area contributed by atoms with Crippen molar-refractivity contribution < 1.29 is 38.6 Å². The third-order valence-corrected chi connectivity index (χ3v) is 10.2. The van der Waals surface area contributed by atoms with Crippen molar-refractivity contribution in [3.05, 3.63) is 156 Å². The summed E-state index contributed by atoms with van der Waals surface area (Å²) in [5, 5.41) is 23.1. The first-order chi connectivity index (χ1) is 29.6. The zero-order valence-electron chi connectivity index (χ0n) is 33.4. The lowest BCUT2D eigenvalue weighted by Crippen LogP contribution is -2.59. The van der Waals surface area contributed by atoms with Crippen molar-refractivity contribution in [1.82, 2.24) is 31.6 Å². The third-order valence-electron chi connectivity index (χ3n) is 10.2. The van der Waals surface area contributed by atoms with Crippen molar-refractivity contribution in [2.24, 2.45) is 0 Å². The van der Waals surface area contributed by atoms with E-state index in [0.717, 1.165) is 22.3 Å². The van der Waals surface area contributed by atoms with E-state index < -0.39 is 66.3 Å². The van der Waals surface area contributed by atoms with Gasteiger partial charge < -0.3 is 36.4 Å². The van der Waals surface area contributed by atoms with Gasteiger partial charge in [0.15, 0.2) is 6.61 Å². The van der Waals surface area contributed by atoms with Crippen LogP contribution in [0.2, 0.25) is 0 Å². The van der Waals surface area contributed by atoms with Gasteiger partial charge in [-0.3, -0.25) is 33.8 Å². The van der Waals surface area contributed by atoms with Gasteiger partial charge >= 0.3 is 5.97 Å². The number of fused-ring (bicyclic) bond motifs is 16. The van der Waals surface area contributed by atoms with Crippen molar-refractivity contribution in [3.63, 3.8) is 0 Å². The van der Waals surface area contributed by atoms with Crippen molar-refractivity contribution in [1.29, 1.82) is 0 Å². The Hall–Kier alpha value is -7.35. The number of nitrogens with zero attached hydrogens (tertiary/aromatic N) is 1. The van der Waals surface area contributed by atoms with E-state index in [2.05, 4.69) is 31.6 Å². The summed E-state index contributed by atoms with van der Waals surface area (Å²) in [6, 6.07) is 32.1. The summed E-state index contributed by atoms with van der Waals surface area (Å²) < 4.78 is 5.75. The Labute approximate surface area is 353 Å². The Balaban J connectivity index is 1.34. The zero-order valence-corrected chi connectivity index (χ0v) is 33.4. The molecule has 61 heavy (non-hydrogen) atoms. The van der Waals surface area contributed by atoms with Crippen LogP contribution in [0.4, 0.5) is 0 Å². The van der Waals surface area contributed by atoms with Gasteiger partial charge in [0, 0.05) is 38.2 Å². The molecule has 3 heterocycles. The molecule has 0 radical (unpaired) electrons. The number of hydrogen-bond donors (Lipinski definition) is 6. The van der Waals surface area contributed by atoms with Gasteiger partial charge in [-0.1, -0.05) is 97.1 Å². The fraction of sp³-hybridized carbons (Fsp3) is 0.255. The standard InChI is InChI=1S/C47H48N6O8/c54-42-30-61-37-18-13-33(14-19-37)27-39(44(57)49-26-23-43(55)56)52-45(58)38(20-15-31-7-3-1-4-8-31)51-47(60)41(53-46(59)40(50-42)29-34-21-24-48-25-22-34)28-32-11-16-36(17-12-32)35-9-5-2-6-10-35/h1-14,16-19,21-22,24-25,38-41H,15,20,23,26-30H2,(H,49,57)(H,50,54)(H,51,60)(H,52,58)(H,53,59)(H,55,56)/t38-,39-,40-,41+/m0/s1. The number of carbonyl (C=O) groups excluding carboxylic acids is 5. The van der Waals surface area contributed by atoms with E-state index in [-0.39, 0.29) is 38.6 Å². The molecule has 0 saturated carbocycles. The fourth-order valence-corrected chi connectivity index (χ4v) is 6.88. The maximum absolute atomic E-state index is 14.5. The summed E-state index contributed by atoms with van der Waals surface area (Å²) in [7, 11) is 0. The first kappa shape index (κ1) is 43.2. The van der Waals surface area contributed by atoms with Crippen molar-refractivity contribution in [2.75, 3.05) is 13.2 Å². The summed E-state index contributed by atoms with van der Waals surface area (Å²) in [6.45, 7) is -0.593. The zero-order chi connectivity index (χ0) is 43.0. The number of carbonyl (C=O) groups is 6. The third kappa shape index (κ3) is 13.3. The van der Waals surface area contributed by atoms with Gasteiger partial charge in [-0.2, -0.15) is 0 Å². The predicted molar refractivity (Wildman–Crippen MR) is 227 cm³/mol. The minimum atomic E-state index is -1.22. The maximum Gasteiger partial charge on any atom is 0.305 e. The monoisotopic (exact) mass is 824 g/mol. The minimum Gasteiger partial charge on any atom is -0.484 e. The van der Waals surface area contributed by atoms with Crippen LogP contribution in [-0.4, -0.2) is 82.9 Å².